The lowest BCUT2D eigenvalue weighted by molar-refractivity contribution is -0.139. The predicted molar refractivity (Wildman–Crippen MR) is 164 cm³/mol. The summed E-state index contributed by atoms with van der Waals surface area (Å²) in [5, 5.41) is 3.95. The summed E-state index contributed by atoms with van der Waals surface area (Å²) in [5.74, 6) is -0.878. The number of rotatable bonds is 10. The summed E-state index contributed by atoms with van der Waals surface area (Å²) >= 11 is 18.7. The molecule has 218 valence electrons. The number of anilines is 1. The van der Waals surface area contributed by atoms with Crippen LogP contribution in [0, 0.1) is 6.92 Å². The Balaban J connectivity index is 1.71. The van der Waals surface area contributed by atoms with Gasteiger partial charge in [0, 0.05) is 27.7 Å². The van der Waals surface area contributed by atoms with Crippen LogP contribution in [0.3, 0.4) is 0 Å². The fraction of sp³-hybridized carbons (Fsp3) is 0.333. The molecule has 1 aliphatic carbocycles. The highest BCUT2D eigenvalue weighted by atomic mass is 35.5. The Morgan fingerprint density at radius 3 is 2.17 bits per heavy atom. The molecule has 0 spiro atoms. The van der Waals surface area contributed by atoms with Crippen LogP contribution in [0.25, 0.3) is 0 Å². The molecule has 1 N–H and O–H groups in total. The lowest BCUT2D eigenvalue weighted by atomic mass is 10.1. The molecule has 3 aromatic rings. The normalized spacial score (nSPS) is 14.5. The van der Waals surface area contributed by atoms with Crippen LogP contribution >= 0.6 is 34.8 Å². The van der Waals surface area contributed by atoms with Gasteiger partial charge in [-0.25, -0.2) is 8.42 Å². The van der Waals surface area contributed by atoms with E-state index in [1.54, 1.807) is 43.3 Å². The van der Waals surface area contributed by atoms with Crippen molar-refractivity contribution in [2.24, 2.45) is 0 Å². The molecule has 1 saturated carbocycles. The van der Waals surface area contributed by atoms with Crippen LogP contribution < -0.4 is 9.62 Å². The third kappa shape index (κ3) is 7.95. The van der Waals surface area contributed by atoms with Crippen molar-refractivity contribution in [1.82, 2.24) is 10.2 Å². The zero-order chi connectivity index (χ0) is 29.7. The summed E-state index contributed by atoms with van der Waals surface area (Å²) in [6.45, 7) is 2.95. The topological polar surface area (TPSA) is 86.8 Å². The Hall–Kier alpha value is -2.78. The number of benzene rings is 3. The molecule has 4 rings (SSSR count). The molecule has 0 heterocycles. The maximum absolute atomic E-state index is 14.0. The van der Waals surface area contributed by atoms with Gasteiger partial charge in [0.25, 0.3) is 10.0 Å². The lowest BCUT2D eigenvalue weighted by Crippen LogP contribution is -2.52. The minimum atomic E-state index is -4.23. The van der Waals surface area contributed by atoms with Gasteiger partial charge in [-0.05, 0) is 74.7 Å². The van der Waals surface area contributed by atoms with Gasteiger partial charge >= 0.3 is 0 Å². The van der Waals surface area contributed by atoms with E-state index in [1.165, 1.54) is 35.2 Å². The quantitative estimate of drug-likeness (QED) is 0.271. The molecule has 0 radical (unpaired) electrons. The molecule has 1 aliphatic rings. The first kappa shape index (κ1) is 31.2. The zero-order valence-electron chi connectivity index (χ0n) is 22.8. The maximum atomic E-state index is 14.0. The first-order valence-electron chi connectivity index (χ1n) is 13.3. The van der Waals surface area contributed by atoms with Gasteiger partial charge in [-0.3, -0.25) is 13.9 Å². The second-order valence-corrected chi connectivity index (χ2v) is 13.4. The molecule has 1 fully saturated rings. The second-order valence-electron chi connectivity index (χ2n) is 10.3. The average Bonchev–Trinajstić information content (AvgIpc) is 3.42. The molecule has 3 aromatic carbocycles. The van der Waals surface area contributed by atoms with Crippen molar-refractivity contribution in [3.63, 3.8) is 0 Å². The number of nitrogens with one attached hydrogen (secondary N) is 1. The van der Waals surface area contributed by atoms with Crippen molar-refractivity contribution in [1.29, 1.82) is 0 Å². The van der Waals surface area contributed by atoms with E-state index in [9.17, 15) is 18.0 Å². The minimum absolute atomic E-state index is 0.000383. The van der Waals surface area contributed by atoms with Crippen molar-refractivity contribution >= 4 is 62.3 Å². The van der Waals surface area contributed by atoms with E-state index in [4.69, 9.17) is 34.8 Å². The van der Waals surface area contributed by atoms with Gasteiger partial charge in [-0.2, -0.15) is 0 Å². The maximum Gasteiger partial charge on any atom is 0.264 e. The van der Waals surface area contributed by atoms with Crippen molar-refractivity contribution < 1.29 is 18.0 Å². The molecule has 0 aliphatic heterocycles. The number of halogens is 3. The van der Waals surface area contributed by atoms with Crippen molar-refractivity contribution in [3.05, 3.63) is 92.9 Å². The Bertz CT molecular complexity index is 1490. The van der Waals surface area contributed by atoms with Gasteiger partial charge in [0.15, 0.2) is 0 Å². The minimum Gasteiger partial charge on any atom is -0.352 e. The SMILES string of the molecule is Cc1ccc(S(=O)(=O)N(CC(=O)N(Cc2cccc(Cl)c2)C(C)C(=O)NC2CCCC2)c2cc(Cl)cc(Cl)c2)cc1. The second kappa shape index (κ2) is 13.5. The molecular weight excluding hydrogens is 605 g/mol. The molecule has 1 atom stereocenters. The monoisotopic (exact) mass is 635 g/mol. The third-order valence-corrected chi connectivity index (χ3v) is 9.59. The Morgan fingerprint density at radius 1 is 0.927 bits per heavy atom. The number of carbonyl (C=O) groups excluding carboxylic acids is 2. The number of sulfonamides is 1. The molecule has 11 heteroatoms. The van der Waals surface area contributed by atoms with Gasteiger partial charge in [-0.1, -0.05) is 77.5 Å². The summed E-state index contributed by atoms with van der Waals surface area (Å²) in [6.07, 6.45) is 3.86. The van der Waals surface area contributed by atoms with Crippen molar-refractivity contribution in [3.8, 4) is 0 Å². The van der Waals surface area contributed by atoms with E-state index in [-0.39, 0.29) is 39.1 Å². The fourth-order valence-electron chi connectivity index (χ4n) is 4.86. The van der Waals surface area contributed by atoms with Crippen molar-refractivity contribution in [2.45, 2.75) is 63.1 Å². The van der Waals surface area contributed by atoms with E-state index in [2.05, 4.69) is 5.32 Å². The van der Waals surface area contributed by atoms with E-state index in [0.29, 0.717) is 10.6 Å². The van der Waals surface area contributed by atoms with Gasteiger partial charge in [0.2, 0.25) is 11.8 Å². The lowest BCUT2D eigenvalue weighted by Gasteiger charge is -2.32. The Labute approximate surface area is 256 Å². The number of hydrogen-bond donors (Lipinski definition) is 1. The van der Waals surface area contributed by atoms with Crippen LogP contribution in [0.15, 0.2) is 71.6 Å². The first-order chi connectivity index (χ1) is 19.4. The number of carbonyl (C=O) groups is 2. The van der Waals surface area contributed by atoms with E-state index < -0.39 is 28.5 Å². The van der Waals surface area contributed by atoms with Crippen LogP contribution in [0.4, 0.5) is 5.69 Å². The summed E-state index contributed by atoms with van der Waals surface area (Å²) < 4.78 is 28.8. The molecule has 0 saturated heterocycles. The Morgan fingerprint density at radius 2 is 1.56 bits per heavy atom. The van der Waals surface area contributed by atoms with Crippen LogP contribution in [0.1, 0.15) is 43.7 Å². The van der Waals surface area contributed by atoms with Crippen LogP contribution in [-0.2, 0) is 26.2 Å². The predicted octanol–water partition coefficient (Wildman–Crippen LogP) is 6.63. The van der Waals surface area contributed by atoms with Gasteiger partial charge < -0.3 is 10.2 Å². The summed E-state index contributed by atoms with van der Waals surface area (Å²) in [4.78, 5) is 28.7. The molecule has 1 unspecified atom stereocenters. The van der Waals surface area contributed by atoms with Crippen molar-refractivity contribution in [2.75, 3.05) is 10.8 Å². The molecule has 41 heavy (non-hydrogen) atoms. The highest BCUT2D eigenvalue weighted by Gasteiger charge is 2.33. The number of aryl methyl sites for hydroxylation is 1. The number of hydrogen-bond acceptors (Lipinski definition) is 4. The summed E-state index contributed by atoms with van der Waals surface area (Å²) in [5.41, 5.74) is 1.71. The molecular formula is C30H32Cl3N3O4S. The fourth-order valence-corrected chi connectivity index (χ4v) is 6.98. The number of nitrogens with zero attached hydrogens (tertiary/aromatic N) is 2. The van der Waals surface area contributed by atoms with E-state index >= 15 is 0 Å². The molecule has 2 amide bonds. The molecule has 0 aromatic heterocycles. The highest BCUT2D eigenvalue weighted by Crippen LogP contribution is 2.30. The average molecular weight is 637 g/mol. The number of amides is 2. The zero-order valence-corrected chi connectivity index (χ0v) is 25.9. The van der Waals surface area contributed by atoms with Gasteiger partial charge in [-0.15, -0.1) is 0 Å². The van der Waals surface area contributed by atoms with Gasteiger partial charge in [0.05, 0.1) is 10.6 Å². The van der Waals surface area contributed by atoms with Crippen LogP contribution in [-0.4, -0.2) is 43.8 Å². The summed E-state index contributed by atoms with van der Waals surface area (Å²) in [6, 6.07) is 16.8. The van der Waals surface area contributed by atoms with Crippen LogP contribution in [0.5, 0.6) is 0 Å². The van der Waals surface area contributed by atoms with E-state index in [1.807, 2.05) is 6.92 Å². The highest BCUT2D eigenvalue weighted by molar-refractivity contribution is 7.92. The molecule has 0 bridgehead atoms. The largest absolute Gasteiger partial charge is 0.352 e. The Kier molecular flexibility index (Phi) is 10.2. The molecule has 7 nitrogen and oxygen atoms in total. The smallest absolute Gasteiger partial charge is 0.264 e. The van der Waals surface area contributed by atoms with E-state index in [0.717, 1.165) is 35.6 Å². The summed E-state index contributed by atoms with van der Waals surface area (Å²) in [7, 11) is -4.23. The third-order valence-electron chi connectivity index (χ3n) is 7.13. The first-order valence-corrected chi connectivity index (χ1v) is 15.9. The van der Waals surface area contributed by atoms with Gasteiger partial charge in [0.1, 0.15) is 12.6 Å². The van der Waals surface area contributed by atoms with Crippen LogP contribution in [0.2, 0.25) is 15.1 Å². The standard InChI is InChI=1S/C30H32Cl3N3O4S/c1-20-10-12-28(13-11-20)41(39,40)36(27-16-24(32)15-25(33)17-27)19-29(37)35(18-22-6-5-7-23(31)14-22)21(2)30(38)34-26-8-3-4-9-26/h5-7,10-17,21,26H,3-4,8-9,18-19H2,1-2H3,(H,34,38).